The average Bonchev–Trinajstić information content (AvgIpc) is 2.47. The Morgan fingerprint density at radius 3 is 2.48 bits per heavy atom. The van der Waals surface area contributed by atoms with Crippen LogP contribution in [-0.2, 0) is 6.54 Å². The maximum absolute atomic E-state index is 12.6. The summed E-state index contributed by atoms with van der Waals surface area (Å²) < 4.78 is 0. The van der Waals surface area contributed by atoms with E-state index in [1.165, 1.54) is 6.20 Å². The Kier molecular flexibility index (Phi) is 5.21. The third-order valence-corrected chi connectivity index (χ3v) is 3.81. The highest BCUT2D eigenvalue weighted by atomic mass is 35.5. The van der Waals surface area contributed by atoms with E-state index in [-0.39, 0.29) is 22.1 Å². The predicted molar refractivity (Wildman–Crippen MR) is 85.7 cm³/mol. The third kappa shape index (κ3) is 3.96. The first kappa shape index (κ1) is 15.8. The normalized spacial score (nSPS) is 10.7. The summed E-state index contributed by atoms with van der Waals surface area (Å²) in [7, 11) is 0. The van der Waals surface area contributed by atoms with Gasteiger partial charge in [-0.15, -0.1) is 0 Å². The summed E-state index contributed by atoms with van der Waals surface area (Å²) in [6, 6.07) is 11.5. The Balaban J connectivity index is 2.25. The molecule has 1 amide bonds. The summed E-state index contributed by atoms with van der Waals surface area (Å²) >= 11 is 11.7. The van der Waals surface area contributed by atoms with Crippen molar-refractivity contribution in [3.8, 4) is 0 Å². The number of halogens is 2. The smallest absolute Gasteiger partial charge is 0.256 e. The van der Waals surface area contributed by atoms with Gasteiger partial charge in [0.25, 0.3) is 5.91 Å². The molecule has 0 saturated heterocycles. The Morgan fingerprint density at radius 1 is 1.24 bits per heavy atom. The lowest BCUT2D eigenvalue weighted by Gasteiger charge is -2.27. The zero-order valence-electron chi connectivity index (χ0n) is 11.9. The Morgan fingerprint density at radius 2 is 1.90 bits per heavy atom. The number of carbonyl (C=O) groups is 1. The van der Waals surface area contributed by atoms with Crippen molar-refractivity contribution in [3.63, 3.8) is 0 Å². The molecule has 5 heteroatoms. The molecule has 2 aromatic rings. The number of rotatable bonds is 4. The van der Waals surface area contributed by atoms with Crippen molar-refractivity contribution < 1.29 is 4.79 Å². The molecule has 0 bridgehead atoms. The minimum absolute atomic E-state index is 0.0622. The lowest BCUT2D eigenvalue weighted by Crippen LogP contribution is -2.36. The molecular weight excluding hydrogens is 307 g/mol. The second-order valence-corrected chi connectivity index (χ2v) is 5.77. The van der Waals surface area contributed by atoms with Crippen LogP contribution in [0.4, 0.5) is 0 Å². The van der Waals surface area contributed by atoms with Gasteiger partial charge in [-0.1, -0.05) is 53.5 Å². The number of pyridine rings is 1. The van der Waals surface area contributed by atoms with Gasteiger partial charge in [-0.05, 0) is 25.5 Å². The molecule has 0 N–H and O–H groups in total. The van der Waals surface area contributed by atoms with Crippen molar-refractivity contribution in [2.75, 3.05) is 0 Å². The molecule has 110 valence electrons. The minimum Gasteiger partial charge on any atom is -0.332 e. The van der Waals surface area contributed by atoms with Crippen LogP contribution in [0.25, 0.3) is 0 Å². The van der Waals surface area contributed by atoms with Gasteiger partial charge in [0.15, 0.2) is 0 Å². The van der Waals surface area contributed by atoms with E-state index in [0.29, 0.717) is 12.1 Å². The fourth-order valence-corrected chi connectivity index (χ4v) is 2.24. The van der Waals surface area contributed by atoms with Crippen LogP contribution < -0.4 is 0 Å². The minimum atomic E-state index is -0.111. The molecular formula is C16H16Cl2N2O. The number of nitrogens with zero attached hydrogens (tertiary/aromatic N) is 2. The molecule has 0 aliphatic carbocycles. The lowest BCUT2D eigenvalue weighted by atomic mass is 10.1. The van der Waals surface area contributed by atoms with Crippen LogP contribution >= 0.6 is 23.2 Å². The van der Waals surface area contributed by atoms with E-state index in [2.05, 4.69) is 4.98 Å². The molecule has 2 rings (SSSR count). The highest BCUT2D eigenvalue weighted by Gasteiger charge is 2.20. The molecule has 0 aliphatic rings. The highest BCUT2D eigenvalue weighted by molar-refractivity contribution is 6.41. The molecule has 1 aromatic carbocycles. The van der Waals surface area contributed by atoms with Crippen LogP contribution in [0.15, 0.2) is 42.6 Å². The molecule has 1 heterocycles. The SMILES string of the molecule is CC(C)N(Cc1ccccc1)C(=O)c1cnc(Cl)c(Cl)c1. The van der Waals surface area contributed by atoms with E-state index in [9.17, 15) is 4.79 Å². The molecule has 0 unspecified atom stereocenters. The first-order valence-corrected chi connectivity index (χ1v) is 7.40. The maximum atomic E-state index is 12.6. The zero-order chi connectivity index (χ0) is 15.4. The van der Waals surface area contributed by atoms with Crippen LogP contribution in [0, 0.1) is 0 Å². The first-order chi connectivity index (χ1) is 9.99. The van der Waals surface area contributed by atoms with E-state index < -0.39 is 0 Å². The molecule has 21 heavy (non-hydrogen) atoms. The summed E-state index contributed by atoms with van der Waals surface area (Å²) in [6.45, 7) is 4.50. The number of hydrogen-bond acceptors (Lipinski definition) is 2. The zero-order valence-corrected chi connectivity index (χ0v) is 13.4. The van der Waals surface area contributed by atoms with Crippen molar-refractivity contribution in [1.82, 2.24) is 9.88 Å². The Hall–Kier alpha value is -1.58. The van der Waals surface area contributed by atoms with Gasteiger partial charge in [-0.25, -0.2) is 4.98 Å². The summed E-state index contributed by atoms with van der Waals surface area (Å²) in [6.07, 6.45) is 1.46. The van der Waals surface area contributed by atoms with Gasteiger partial charge in [0.2, 0.25) is 0 Å². The predicted octanol–water partition coefficient (Wildman–Crippen LogP) is 4.44. The second-order valence-electron chi connectivity index (χ2n) is 5.01. The van der Waals surface area contributed by atoms with Crippen LogP contribution in [0.2, 0.25) is 10.2 Å². The van der Waals surface area contributed by atoms with E-state index in [0.717, 1.165) is 5.56 Å². The number of benzene rings is 1. The number of aromatic nitrogens is 1. The maximum Gasteiger partial charge on any atom is 0.256 e. The average molecular weight is 323 g/mol. The van der Waals surface area contributed by atoms with Crippen molar-refractivity contribution in [1.29, 1.82) is 0 Å². The van der Waals surface area contributed by atoms with E-state index >= 15 is 0 Å². The van der Waals surface area contributed by atoms with E-state index in [1.54, 1.807) is 11.0 Å². The summed E-state index contributed by atoms with van der Waals surface area (Å²) in [5.74, 6) is -0.111. The highest BCUT2D eigenvalue weighted by Crippen LogP contribution is 2.21. The van der Waals surface area contributed by atoms with Crippen molar-refractivity contribution >= 4 is 29.1 Å². The molecule has 0 fully saturated rings. The van der Waals surface area contributed by atoms with E-state index in [1.807, 2.05) is 44.2 Å². The standard InChI is InChI=1S/C16H16Cl2N2O/c1-11(2)20(10-12-6-4-3-5-7-12)16(21)13-8-14(17)15(18)19-9-13/h3-9,11H,10H2,1-2H3. The second kappa shape index (κ2) is 6.92. The van der Waals surface area contributed by atoms with Gasteiger partial charge >= 0.3 is 0 Å². The molecule has 3 nitrogen and oxygen atoms in total. The van der Waals surface area contributed by atoms with Crippen molar-refractivity contribution in [2.24, 2.45) is 0 Å². The largest absolute Gasteiger partial charge is 0.332 e. The molecule has 0 aliphatic heterocycles. The Bertz CT molecular complexity index is 629. The number of carbonyl (C=O) groups excluding carboxylic acids is 1. The Labute approximate surface area is 134 Å². The van der Waals surface area contributed by atoms with E-state index in [4.69, 9.17) is 23.2 Å². The third-order valence-electron chi connectivity index (χ3n) is 3.12. The van der Waals surface area contributed by atoms with Crippen molar-refractivity contribution in [2.45, 2.75) is 26.4 Å². The fraction of sp³-hybridized carbons (Fsp3) is 0.250. The van der Waals surface area contributed by atoms with Gasteiger partial charge < -0.3 is 4.90 Å². The van der Waals surface area contributed by atoms with Crippen LogP contribution in [-0.4, -0.2) is 21.8 Å². The van der Waals surface area contributed by atoms with Crippen LogP contribution in [0.1, 0.15) is 29.8 Å². The van der Waals surface area contributed by atoms with Gasteiger partial charge in [-0.2, -0.15) is 0 Å². The van der Waals surface area contributed by atoms with Crippen LogP contribution in [0.5, 0.6) is 0 Å². The summed E-state index contributed by atoms with van der Waals surface area (Å²) in [5, 5.41) is 0.485. The summed E-state index contributed by atoms with van der Waals surface area (Å²) in [4.78, 5) is 18.3. The number of amides is 1. The summed E-state index contributed by atoms with van der Waals surface area (Å²) in [5.41, 5.74) is 1.52. The first-order valence-electron chi connectivity index (χ1n) is 6.65. The molecule has 0 saturated carbocycles. The van der Waals surface area contributed by atoms with Gasteiger partial charge in [0.05, 0.1) is 10.6 Å². The van der Waals surface area contributed by atoms with Crippen LogP contribution in [0.3, 0.4) is 0 Å². The van der Waals surface area contributed by atoms with Gasteiger partial charge in [-0.3, -0.25) is 4.79 Å². The molecule has 0 atom stereocenters. The topological polar surface area (TPSA) is 33.2 Å². The molecule has 1 aromatic heterocycles. The van der Waals surface area contributed by atoms with Gasteiger partial charge in [0.1, 0.15) is 5.15 Å². The quantitative estimate of drug-likeness (QED) is 0.779. The molecule has 0 spiro atoms. The molecule has 0 radical (unpaired) electrons. The van der Waals surface area contributed by atoms with Crippen molar-refractivity contribution in [3.05, 3.63) is 63.9 Å². The fourth-order valence-electron chi connectivity index (χ4n) is 1.97. The van der Waals surface area contributed by atoms with Gasteiger partial charge in [0, 0.05) is 18.8 Å². The lowest BCUT2D eigenvalue weighted by molar-refractivity contribution is 0.0690. The monoisotopic (exact) mass is 322 g/mol. The number of hydrogen-bond donors (Lipinski definition) is 0.